The zero-order valence-corrected chi connectivity index (χ0v) is 9.37. The number of benzene rings is 1. The maximum absolute atomic E-state index is 11.5. The maximum Gasteiger partial charge on any atom is 0.339 e. The van der Waals surface area contributed by atoms with Gasteiger partial charge in [-0.05, 0) is 12.1 Å². The molecule has 1 aromatic carbocycles. The third kappa shape index (κ3) is 1.46. The minimum absolute atomic E-state index is 0.394. The topological polar surface area (TPSA) is 64.1 Å². The van der Waals surface area contributed by atoms with Crippen LogP contribution in [-0.4, -0.2) is 15.7 Å². The maximum atomic E-state index is 11.5. The van der Waals surface area contributed by atoms with Crippen molar-refractivity contribution in [3.05, 3.63) is 39.0 Å². The highest BCUT2D eigenvalue weighted by atomic mass is 79.9. The second-order valence-electron chi connectivity index (χ2n) is 2.90. The molecule has 0 atom stereocenters. The molecular formula is C9H7BrN2O3. The van der Waals surface area contributed by atoms with E-state index in [4.69, 9.17) is 4.74 Å². The van der Waals surface area contributed by atoms with Crippen LogP contribution in [0.4, 0.5) is 0 Å². The van der Waals surface area contributed by atoms with Crippen LogP contribution < -0.4 is 16.0 Å². The summed E-state index contributed by atoms with van der Waals surface area (Å²) < 4.78 is 6.24. The lowest BCUT2D eigenvalue weighted by molar-refractivity contribution is 0.418. The number of nitrogens with zero attached hydrogens (tertiary/aromatic N) is 1. The first-order chi connectivity index (χ1) is 7.15. The van der Waals surface area contributed by atoms with Crippen molar-refractivity contribution in [1.82, 2.24) is 8.58 Å². The Bertz CT molecular complexity index is 629. The van der Waals surface area contributed by atoms with E-state index in [2.05, 4.69) is 21.1 Å². The van der Waals surface area contributed by atoms with Crippen molar-refractivity contribution in [2.75, 3.05) is 7.11 Å². The van der Waals surface area contributed by atoms with Crippen molar-refractivity contribution in [1.29, 1.82) is 0 Å². The number of nitrogens with one attached hydrogen (secondary N) is 1. The van der Waals surface area contributed by atoms with Gasteiger partial charge in [0.1, 0.15) is 11.3 Å². The molecular weight excluding hydrogens is 264 g/mol. The van der Waals surface area contributed by atoms with Gasteiger partial charge in [0.15, 0.2) is 0 Å². The first-order valence-electron chi connectivity index (χ1n) is 4.13. The number of aromatic amines is 1. The highest BCUT2D eigenvalue weighted by molar-refractivity contribution is 9.08. The number of aromatic nitrogens is 2. The van der Waals surface area contributed by atoms with Crippen molar-refractivity contribution in [2.24, 2.45) is 0 Å². The van der Waals surface area contributed by atoms with E-state index in [9.17, 15) is 9.59 Å². The molecule has 0 saturated carbocycles. The van der Waals surface area contributed by atoms with E-state index in [0.29, 0.717) is 16.7 Å². The third-order valence-electron chi connectivity index (χ3n) is 2.06. The van der Waals surface area contributed by atoms with E-state index in [1.165, 1.54) is 10.7 Å². The van der Waals surface area contributed by atoms with Crippen molar-refractivity contribution >= 4 is 27.1 Å². The first kappa shape index (κ1) is 9.97. The van der Waals surface area contributed by atoms with Crippen LogP contribution in [0.2, 0.25) is 0 Å². The summed E-state index contributed by atoms with van der Waals surface area (Å²) in [5.41, 5.74) is -0.532. The van der Waals surface area contributed by atoms with Crippen LogP contribution in [0.1, 0.15) is 0 Å². The predicted octanol–water partition coefficient (Wildman–Crippen LogP) is 0.856. The number of hydrogen-bond donors (Lipinski definition) is 1. The fourth-order valence-corrected chi connectivity index (χ4v) is 1.84. The van der Waals surface area contributed by atoms with Gasteiger partial charge in [-0.3, -0.25) is 9.78 Å². The molecule has 0 saturated heterocycles. The number of H-pyrrole nitrogens is 1. The molecule has 78 valence electrons. The van der Waals surface area contributed by atoms with Gasteiger partial charge in [-0.2, -0.15) is 0 Å². The smallest absolute Gasteiger partial charge is 0.339 e. The van der Waals surface area contributed by atoms with E-state index in [1.807, 2.05) is 0 Å². The molecule has 6 heteroatoms. The Morgan fingerprint density at radius 1 is 1.40 bits per heavy atom. The lowest BCUT2D eigenvalue weighted by Gasteiger charge is -2.06. The van der Waals surface area contributed by atoms with Crippen molar-refractivity contribution in [3.63, 3.8) is 0 Å². The standard InChI is InChI=1S/C9H7BrN2O3/c1-15-6-4-2-3-5-7(6)12(10)9(14)11-8(5)13/h2-4H,1H3,(H,11,13,14). The highest BCUT2D eigenvalue weighted by Gasteiger charge is 2.09. The minimum atomic E-state index is -0.531. The van der Waals surface area contributed by atoms with Gasteiger partial charge in [-0.1, -0.05) is 6.07 Å². The Labute approximate surface area is 92.6 Å². The van der Waals surface area contributed by atoms with Gasteiger partial charge in [-0.15, -0.1) is 0 Å². The molecule has 0 aliphatic heterocycles. The van der Waals surface area contributed by atoms with Crippen LogP contribution in [0.15, 0.2) is 27.8 Å². The molecule has 1 aromatic heterocycles. The van der Waals surface area contributed by atoms with Gasteiger partial charge in [0, 0.05) is 0 Å². The summed E-state index contributed by atoms with van der Waals surface area (Å²) in [7, 11) is 1.48. The van der Waals surface area contributed by atoms with Gasteiger partial charge >= 0.3 is 5.69 Å². The summed E-state index contributed by atoms with van der Waals surface area (Å²) in [5.74, 6) is 0.465. The van der Waals surface area contributed by atoms with Crippen LogP contribution in [0.3, 0.4) is 0 Å². The molecule has 0 bridgehead atoms. The molecule has 0 aliphatic rings. The molecule has 0 radical (unpaired) electrons. The lowest BCUT2D eigenvalue weighted by atomic mass is 10.2. The molecule has 2 rings (SSSR count). The largest absolute Gasteiger partial charge is 0.495 e. The number of methoxy groups -OCH3 is 1. The number of halogens is 1. The third-order valence-corrected chi connectivity index (χ3v) is 2.74. The quantitative estimate of drug-likeness (QED) is 0.836. The normalized spacial score (nSPS) is 10.5. The van der Waals surface area contributed by atoms with Crippen LogP contribution in [0.25, 0.3) is 10.9 Å². The number of hydrogen-bond acceptors (Lipinski definition) is 3. The van der Waals surface area contributed by atoms with Crippen LogP contribution in [0, 0.1) is 0 Å². The monoisotopic (exact) mass is 270 g/mol. The number of fused-ring (bicyclic) bond motifs is 1. The van der Waals surface area contributed by atoms with Crippen LogP contribution in [-0.2, 0) is 0 Å². The highest BCUT2D eigenvalue weighted by Crippen LogP contribution is 2.22. The van der Waals surface area contributed by atoms with Crippen molar-refractivity contribution < 1.29 is 4.74 Å². The van der Waals surface area contributed by atoms with Gasteiger partial charge < -0.3 is 4.74 Å². The van der Waals surface area contributed by atoms with E-state index >= 15 is 0 Å². The minimum Gasteiger partial charge on any atom is -0.495 e. The van der Waals surface area contributed by atoms with Crippen molar-refractivity contribution in [2.45, 2.75) is 0 Å². The summed E-state index contributed by atoms with van der Waals surface area (Å²) in [4.78, 5) is 25.0. The van der Waals surface area contributed by atoms with Gasteiger partial charge in [-0.25, -0.2) is 8.39 Å². The molecule has 0 spiro atoms. The lowest BCUT2D eigenvalue weighted by Crippen LogP contribution is -2.26. The first-order valence-corrected chi connectivity index (χ1v) is 4.84. The average Bonchev–Trinajstić information content (AvgIpc) is 2.25. The molecule has 1 N–H and O–H groups in total. The summed E-state index contributed by atoms with van der Waals surface area (Å²) in [5, 5.41) is 0.394. The fourth-order valence-electron chi connectivity index (χ4n) is 1.39. The van der Waals surface area contributed by atoms with E-state index in [1.54, 1.807) is 18.2 Å². The fraction of sp³-hybridized carbons (Fsp3) is 0.111. The molecule has 1 heterocycles. The van der Waals surface area contributed by atoms with Gasteiger partial charge in [0.2, 0.25) is 0 Å². The number of rotatable bonds is 1. The number of para-hydroxylation sites is 1. The Morgan fingerprint density at radius 2 is 2.13 bits per heavy atom. The average molecular weight is 271 g/mol. The van der Waals surface area contributed by atoms with E-state index < -0.39 is 11.2 Å². The zero-order valence-electron chi connectivity index (χ0n) is 7.78. The summed E-state index contributed by atoms with van der Waals surface area (Å²) in [6, 6.07) is 4.99. The summed E-state index contributed by atoms with van der Waals surface area (Å²) >= 11 is 3.06. The Morgan fingerprint density at radius 3 is 2.80 bits per heavy atom. The molecule has 0 amide bonds. The molecule has 15 heavy (non-hydrogen) atoms. The summed E-state index contributed by atoms with van der Waals surface area (Å²) in [6.45, 7) is 0. The van der Waals surface area contributed by atoms with Crippen molar-refractivity contribution in [3.8, 4) is 5.75 Å². The summed E-state index contributed by atoms with van der Waals surface area (Å²) in [6.07, 6.45) is 0. The van der Waals surface area contributed by atoms with Gasteiger partial charge in [0.25, 0.3) is 5.56 Å². The zero-order chi connectivity index (χ0) is 11.0. The molecule has 5 nitrogen and oxygen atoms in total. The second-order valence-corrected chi connectivity index (χ2v) is 3.61. The van der Waals surface area contributed by atoms with E-state index in [0.717, 1.165) is 0 Å². The van der Waals surface area contributed by atoms with Crippen LogP contribution >= 0.6 is 16.1 Å². The molecule has 0 unspecified atom stereocenters. The predicted molar refractivity (Wildman–Crippen MR) is 59.7 cm³/mol. The Kier molecular flexibility index (Phi) is 2.36. The number of ether oxygens (including phenoxy) is 1. The molecule has 2 aromatic rings. The Balaban J connectivity index is 3.10. The van der Waals surface area contributed by atoms with Crippen LogP contribution in [0.5, 0.6) is 5.75 Å². The Hall–Kier alpha value is -1.56. The molecule has 0 fully saturated rings. The van der Waals surface area contributed by atoms with E-state index in [-0.39, 0.29) is 0 Å². The molecule has 0 aliphatic carbocycles. The van der Waals surface area contributed by atoms with Gasteiger partial charge in [0.05, 0.1) is 28.6 Å². The second kappa shape index (κ2) is 3.54. The SMILES string of the molecule is COc1cccc2c(=O)[nH]c(=O)n(Br)c12.